The van der Waals surface area contributed by atoms with Gasteiger partial charge < -0.3 is 9.47 Å². The zero-order valence-electron chi connectivity index (χ0n) is 7.71. The second-order valence-corrected chi connectivity index (χ2v) is 5.18. The summed E-state index contributed by atoms with van der Waals surface area (Å²) in [6.45, 7) is 6.24. The van der Waals surface area contributed by atoms with Crippen molar-refractivity contribution >= 4 is 11.8 Å². The van der Waals surface area contributed by atoms with Crippen molar-refractivity contribution in [1.29, 1.82) is 0 Å². The summed E-state index contributed by atoms with van der Waals surface area (Å²) in [5, 5.41) is 0.700. The van der Waals surface area contributed by atoms with Gasteiger partial charge in [0.2, 0.25) is 0 Å². The van der Waals surface area contributed by atoms with Crippen LogP contribution in [0.3, 0.4) is 0 Å². The van der Waals surface area contributed by atoms with E-state index in [1.165, 1.54) is 6.42 Å². The van der Waals surface area contributed by atoms with Gasteiger partial charge in [-0.05, 0) is 20.3 Å². The Bertz CT molecular complexity index is 168. The zero-order valence-corrected chi connectivity index (χ0v) is 8.52. The minimum atomic E-state index is 0.201. The normalized spacial score (nSPS) is 46.5. The highest BCUT2D eigenvalue weighted by molar-refractivity contribution is 8.00. The van der Waals surface area contributed by atoms with Crippen LogP contribution in [0.4, 0.5) is 0 Å². The predicted octanol–water partition coefficient (Wildman–Crippen LogP) is 1.69. The summed E-state index contributed by atoms with van der Waals surface area (Å²) in [7, 11) is 0. The fourth-order valence-corrected chi connectivity index (χ4v) is 2.77. The highest BCUT2D eigenvalue weighted by Gasteiger charge is 2.40. The van der Waals surface area contributed by atoms with Crippen molar-refractivity contribution in [2.75, 3.05) is 19.0 Å². The summed E-state index contributed by atoms with van der Waals surface area (Å²) < 4.78 is 10.8. The van der Waals surface area contributed by atoms with Gasteiger partial charge in [-0.15, -0.1) is 0 Å². The first-order chi connectivity index (χ1) is 5.70. The smallest absolute Gasteiger partial charge is 0.0978 e. The Labute approximate surface area is 78.0 Å². The molecule has 0 aromatic carbocycles. The van der Waals surface area contributed by atoms with E-state index in [9.17, 15) is 0 Å². The Morgan fingerprint density at radius 2 is 2.33 bits per heavy atom. The molecule has 2 heterocycles. The van der Waals surface area contributed by atoms with E-state index >= 15 is 0 Å². The highest BCUT2D eigenvalue weighted by atomic mass is 32.2. The molecular formula is C9H16O2S. The molecule has 0 bridgehead atoms. The zero-order chi connectivity index (χ0) is 8.60. The Kier molecular flexibility index (Phi) is 2.36. The number of rotatable bonds is 3. The summed E-state index contributed by atoms with van der Waals surface area (Å²) in [5.41, 5.74) is 0.201. The van der Waals surface area contributed by atoms with Crippen LogP contribution in [0.25, 0.3) is 0 Å². The first-order valence-corrected chi connectivity index (χ1v) is 5.62. The van der Waals surface area contributed by atoms with Crippen LogP contribution in [-0.2, 0) is 9.47 Å². The van der Waals surface area contributed by atoms with Crippen LogP contribution >= 0.6 is 11.8 Å². The first kappa shape index (κ1) is 8.85. The number of hydrogen-bond acceptors (Lipinski definition) is 3. The fourth-order valence-electron chi connectivity index (χ4n) is 1.42. The van der Waals surface area contributed by atoms with E-state index in [0.717, 1.165) is 19.0 Å². The summed E-state index contributed by atoms with van der Waals surface area (Å²) in [6.07, 6.45) is 1.65. The molecule has 0 amide bonds. The summed E-state index contributed by atoms with van der Waals surface area (Å²) >= 11 is 2.01. The Hall–Kier alpha value is 0.270. The average Bonchev–Trinajstić information content (AvgIpc) is 2.61. The molecule has 2 fully saturated rings. The molecule has 0 aromatic heterocycles. The fraction of sp³-hybridized carbons (Fsp3) is 1.00. The van der Waals surface area contributed by atoms with Gasteiger partial charge in [0.1, 0.15) is 0 Å². The van der Waals surface area contributed by atoms with Gasteiger partial charge in [0, 0.05) is 17.6 Å². The summed E-state index contributed by atoms with van der Waals surface area (Å²) in [4.78, 5) is 0. The number of epoxide rings is 1. The van der Waals surface area contributed by atoms with Gasteiger partial charge in [-0.3, -0.25) is 0 Å². The number of thioether (sulfide) groups is 1. The molecule has 70 valence electrons. The lowest BCUT2D eigenvalue weighted by molar-refractivity contribution is 0.127. The van der Waals surface area contributed by atoms with Gasteiger partial charge in [0.05, 0.1) is 18.3 Å². The van der Waals surface area contributed by atoms with Gasteiger partial charge in [-0.1, -0.05) is 0 Å². The molecule has 2 aliphatic rings. The van der Waals surface area contributed by atoms with E-state index in [1.54, 1.807) is 0 Å². The van der Waals surface area contributed by atoms with Gasteiger partial charge >= 0.3 is 0 Å². The molecule has 0 aromatic rings. The van der Waals surface area contributed by atoms with E-state index in [-0.39, 0.29) is 5.60 Å². The molecule has 0 radical (unpaired) electrons. The Morgan fingerprint density at radius 3 is 2.83 bits per heavy atom. The summed E-state index contributed by atoms with van der Waals surface area (Å²) in [6, 6.07) is 0. The van der Waals surface area contributed by atoms with E-state index < -0.39 is 0 Å². The molecule has 0 N–H and O–H groups in total. The van der Waals surface area contributed by atoms with Crippen molar-refractivity contribution in [3.63, 3.8) is 0 Å². The topological polar surface area (TPSA) is 21.8 Å². The SMILES string of the molecule is CC1OCCC1SCC1(C)CO1. The summed E-state index contributed by atoms with van der Waals surface area (Å²) in [5.74, 6) is 1.13. The number of ether oxygens (including phenoxy) is 2. The van der Waals surface area contributed by atoms with Crippen LogP contribution < -0.4 is 0 Å². The van der Waals surface area contributed by atoms with E-state index in [2.05, 4.69) is 13.8 Å². The minimum Gasteiger partial charge on any atom is -0.377 e. The van der Waals surface area contributed by atoms with Crippen molar-refractivity contribution in [2.24, 2.45) is 0 Å². The van der Waals surface area contributed by atoms with Gasteiger partial charge in [0.15, 0.2) is 0 Å². The molecule has 3 atom stereocenters. The molecule has 2 aliphatic heterocycles. The van der Waals surface area contributed by atoms with E-state index in [4.69, 9.17) is 9.47 Å². The van der Waals surface area contributed by atoms with Gasteiger partial charge in [0.25, 0.3) is 0 Å². The maximum absolute atomic E-state index is 5.49. The van der Waals surface area contributed by atoms with Gasteiger partial charge in [-0.2, -0.15) is 11.8 Å². The lowest BCUT2D eigenvalue weighted by Crippen LogP contribution is -2.18. The third kappa shape index (κ3) is 1.95. The monoisotopic (exact) mass is 188 g/mol. The third-order valence-electron chi connectivity index (χ3n) is 2.55. The van der Waals surface area contributed by atoms with Crippen LogP contribution in [0.2, 0.25) is 0 Å². The molecule has 3 heteroatoms. The molecule has 3 unspecified atom stereocenters. The molecule has 12 heavy (non-hydrogen) atoms. The first-order valence-electron chi connectivity index (χ1n) is 4.57. The molecular weight excluding hydrogens is 172 g/mol. The van der Waals surface area contributed by atoms with E-state index in [1.807, 2.05) is 11.8 Å². The van der Waals surface area contributed by atoms with Crippen LogP contribution in [0.1, 0.15) is 20.3 Å². The van der Waals surface area contributed by atoms with Crippen molar-refractivity contribution in [3.8, 4) is 0 Å². The molecule has 0 saturated carbocycles. The van der Waals surface area contributed by atoms with Crippen molar-refractivity contribution in [3.05, 3.63) is 0 Å². The van der Waals surface area contributed by atoms with Crippen molar-refractivity contribution in [2.45, 2.75) is 37.2 Å². The maximum atomic E-state index is 5.49. The molecule has 2 nitrogen and oxygen atoms in total. The van der Waals surface area contributed by atoms with Crippen molar-refractivity contribution < 1.29 is 9.47 Å². The Balaban J connectivity index is 1.72. The molecule has 2 saturated heterocycles. The lowest BCUT2D eigenvalue weighted by atomic mass is 10.2. The quantitative estimate of drug-likeness (QED) is 0.629. The predicted molar refractivity (Wildman–Crippen MR) is 50.6 cm³/mol. The second kappa shape index (κ2) is 3.20. The lowest BCUT2D eigenvalue weighted by Gasteiger charge is -2.14. The second-order valence-electron chi connectivity index (χ2n) is 3.95. The Morgan fingerprint density at radius 1 is 1.58 bits per heavy atom. The third-order valence-corrected chi connectivity index (χ3v) is 4.37. The van der Waals surface area contributed by atoms with Crippen molar-refractivity contribution in [1.82, 2.24) is 0 Å². The van der Waals surface area contributed by atoms with Crippen LogP contribution in [0.15, 0.2) is 0 Å². The average molecular weight is 188 g/mol. The standard InChI is InChI=1S/C9H16O2S/c1-7-8(3-4-10-7)12-6-9(2)5-11-9/h7-8H,3-6H2,1-2H3. The largest absolute Gasteiger partial charge is 0.377 e. The maximum Gasteiger partial charge on any atom is 0.0978 e. The molecule has 0 aliphatic carbocycles. The molecule has 0 spiro atoms. The van der Waals surface area contributed by atoms with Gasteiger partial charge in [-0.25, -0.2) is 0 Å². The highest BCUT2D eigenvalue weighted by Crippen LogP contribution is 2.35. The van der Waals surface area contributed by atoms with E-state index in [0.29, 0.717) is 11.4 Å². The van der Waals surface area contributed by atoms with Crippen LogP contribution in [-0.4, -0.2) is 35.9 Å². The van der Waals surface area contributed by atoms with Crippen LogP contribution in [0, 0.1) is 0 Å². The number of hydrogen-bond donors (Lipinski definition) is 0. The molecule has 2 rings (SSSR count). The van der Waals surface area contributed by atoms with Crippen LogP contribution in [0.5, 0.6) is 0 Å². The minimum absolute atomic E-state index is 0.201.